The quantitative estimate of drug-likeness (QED) is 0.703. The van der Waals surface area contributed by atoms with E-state index in [-0.39, 0.29) is 18.2 Å². The average molecular weight is 331 g/mol. The van der Waals surface area contributed by atoms with E-state index in [1.54, 1.807) is 0 Å². The average Bonchev–Trinajstić information content (AvgIpc) is 2.66. The highest BCUT2D eigenvalue weighted by Crippen LogP contribution is 2.30. The number of amides is 1. The van der Waals surface area contributed by atoms with Gasteiger partial charge in [-0.2, -0.15) is 0 Å². The van der Waals surface area contributed by atoms with Gasteiger partial charge in [-0.25, -0.2) is 0 Å². The van der Waals surface area contributed by atoms with Crippen molar-refractivity contribution < 1.29 is 9.53 Å². The maximum Gasteiger partial charge on any atom is 0.218 e. The molecule has 25 heavy (non-hydrogen) atoms. The van der Waals surface area contributed by atoms with Crippen LogP contribution in [0.5, 0.6) is 5.75 Å². The minimum absolute atomic E-state index is 0.0704. The van der Waals surface area contributed by atoms with Crippen molar-refractivity contribution in [1.82, 2.24) is 0 Å². The van der Waals surface area contributed by atoms with Crippen LogP contribution in [0.3, 0.4) is 0 Å². The summed E-state index contributed by atoms with van der Waals surface area (Å²) in [4.78, 5) is 11.5. The third kappa shape index (κ3) is 4.70. The summed E-state index contributed by atoms with van der Waals surface area (Å²) in [6.07, 6.45) is 0.270. The van der Waals surface area contributed by atoms with Crippen LogP contribution in [0.4, 0.5) is 0 Å². The van der Waals surface area contributed by atoms with Gasteiger partial charge < -0.3 is 10.5 Å². The molecule has 3 nitrogen and oxygen atoms in total. The van der Waals surface area contributed by atoms with E-state index in [2.05, 4.69) is 0 Å². The molecule has 0 saturated heterocycles. The first-order valence-electron chi connectivity index (χ1n) is 8.32. The predicted molar refractivity (Wildman–Crippen MR) is 99.3 cm³/mol. The SMILES string of the molecule is NC(=O)CC(c1ccccc1)c1cccc(OCc2ccccc2)c1. The number of carbonyl (C=O) groups is 1. The van der Waals surface area contributed by atoms with Gasteiger partial charge in [0.15, 0.2) is 0 Å². The van der Waals surface area contributed by atoms with Crippen LogP contribution in [0, 0.1) is 0 Å². The lowest BCUT2D eigenvalue weighted by molar-refractivity contribution is -0.118. The lowest BCUT2D eigenvalue weighted by atomic mass is 9.88. The topological polar surface area (TPSA) is 52.3 Å². The van der Waals surface area contributed by atoms with Gasteiger partial charge in [0, 0.05) is 12.3 Å². The first-order valence-corrected chi connectivity index (χ1v) is 8.32. The van der Waals surface area contributed by atoms with Gasteiger partial charge in [-0.15, -0.1) is 0 Å². The number of benzene rings is 3. The normalized spacial score (nSPS) is 11.7. The number of hydrogen-bond acceptors (Lipinski definition) is 2. The molecule has 0 heterocycles. The number of rotatable bonds is 7. The molecule has 0 aliphatic rings. The number of nitrogens with two attached hydrogens (primary N) is 1. The number of ether oxygens (including phenoxy) is 1. The highest BCUT2D eigenvalue weighted by molar-refractivity contribution is 5.75. The van der Waals surface area contributed by atoms with E-state index >= 15 is 0 Å². The second-order valence-electron chi connectivity index (χ2n) is 5.98. The van der Waals surface area contributed by atoms with Crippen LogP contribution in [0.1, 0.15) is 29.0 Å². The van der Waals surface area contributed by atoms with E-state index in [4.69, 9.17) is 10.5 Å². The monoisotopic (exact) mass is 331 g/mol. The molecule has 126 valence electrons. The molecular weight excluding hydrogens is 310 g/mol. The Balaban J connectivity index is 1.81. The van der Waals surface area contributed by atoms with E-state index in [9.17, 15) is 4.79 Å². The molecule has 3 aromatic rings. The first-order chi connectivity index (χ1) is 12.2. The van der Waals surface area contributed by atoms with Crippen LogP contribution in [-0.2, 0) is 11.4 Å². The molecule has 0 bridgehead atoms. The van der Waals surface area contributed by atoms with Crippen molar-refractivity contribution in [2.75, 3.05) is 0 Å². The molecule has 0 aromatic heterocycles. The largest absolute Gasteiger partial charge is 0.489 e. The second kappa shape index (κ2) is 8.15. The fourth-order valence-corrected chi connectivity index (χ4v) is 2.88. The van der Waals surface area contributed by atoms with Crippen molar-refractivity contribution in [1.29, 1.82) is 0 Å². The molecule has 0 aliphatic heterocycles. The Morgan fingerprint density at radius 3 is 2.16 bits per heavy atom. The Bertz CT molecular complexity index is 816. The van der Waals surface area contributed by atoms with Crippen molar-refractivity contribution in [3.8, 4) is 5.75 Å². The molecule has 3 aromatic carbocycles. The van der Waals surface area contributed by atoms with E-state index < -0.39 is 0 Å². The summed E-state index contributed by atoms with van der Waals surface area (Å²) in [5.74, 6) is 0.398. The maximum absolute atomic E-state index is 11.5. The van der Waals surface area contributed by atoms with E-state index in [0.717, 1.165) is 22.4 Å². The van der Waals surface area contributed by atoms with Crippen LogP contribution in [-0.4, -0.2) is 5.91 Å². The van der Waals surface area contributed by atoms with Gasteiger partial charge >= 0.3 is 0 Å². The molecule has 0 fully saturated rings. The highest BCUT2D eigenvalue weighted by Gasteiger charge is 2.17. The summed E-state index contributed by atoms with van der Waals surface area (Å²) in [7, 11) is 0. The molecule has 1 atom stereocenters. The fraction of sp³-hybridized carbons (Fsp3) is 0.136. The summed E-state index contributed by atoms with van der Waals surface area (Å²) >= 11 is 0. The van der Waals surface area contributed by atoms with Gasteiger partial charge in [0.25, 0.3) is 0 Å². The van der Waals surface area contributed by atoms with Crippen molar-refractivity contribution >= 4 is 5.91 Å². The standard InChI is InChI=1S/C22H21NO2/c23-22(24)15-21(18-10-5-2-6-11-18)19-12-7-13-20(14-19)25-16-17-8-3-1-4-9-17/h1-14,21H,15-16H2,(H2,23,24). The minimum atomic E-state index is -0.315. The summed E-state index contributed by atoms with van der Waals surface area (Å²) in [6, 6.07) is 27.9. The Morgan fingerprint density at radius 2 is 1.48 bits per heavy atom. The molecule has 3 heteroatoms. The number of hydrogen-bond donors (Lipinski definition) is 1. The van der Waals surface area contributed by atoms with E-state index in [0.29, 0.717) is 6.61 Å². The molecule has 0 radical (unpaired) electrons. The Morgan fingerprint density at radius 1 is 0.840 bits per heavy atom. The molecular formula is C22H21NO2. The molecule has 2 N–H and O–H groups in total. The fourth-order valence-electron chi connectivity index (χ4n) is 2.88. The van der Waals surface area contributed by atoms with Crippen molar-refractivity contribution in [2.24, 2.45) is 5.73 Å². The van der Waals surface area contributed by atoms with Crippen molar-refractivity contribution in [2.45, 2.75) is 18.9 Å². The summed E-state index contributed by atoms with van der Waals surface area (Å²) in [5, 5.41) is 0. The van der Waals surface area contributed by atoms with Gasteiger partial charge in [0.05, 0.1) is 0 Å². The Kier molecular flexibility index (Phi) is 5.47. The van der Waals surface area contributed by atoms with Crippen molar-refractivity contribution in [3.05, 3.63) is 102 Å². The van der Waals surface area contributed by atoms with E-state index in [1.807, 2.05) is 84.9 Å². The molecule has 0 saturated carbocycles. The van der Waals surface area contributed by atoms with Crippen LogP contribution < -0.4 is 10.5 Å². The predicted octanol–water partition coefficient (Wildman–Crippen LogP) is 4.27. The van der Waals surface area contributed by atoms with Gasteiger partial charge in [-0.3, -0.25) is 4.79 Å². The van der Waals surface area contributed by atoms with Gasteiger partial charge in [0.2, 0.25) is 5.91 Å². The summed E-state index contributed by atoms with van der Waals surface area (Å²) in [6.45, 7) is 0.510. The third-order valence-electron chi connectivity index (χ3n) is 4.12. The molecule has 0 spiro atoms. The molecule has 1 amide bonds. The smallest absolute Gasteiger partial charge is 0.218 e. The zero-order valence-electron chi connectivity index (χ0n) is 14.0. The lowest BCUT2D eigenvalue weighted by Crippen LogP contribution is -2.16. The van der Waals surface area contributed by atoms with Crippen molar-refractivity contribution in [3.63, 3.8) is 0 Å². The Labute approximate surface area is 148 Å². The zero-order valence-corrected chi connectivity index (χ0v) is 14.0. The minimum Gasteiger partial charge on any atom is -0.489 e. The van der Waals surface area contributed by atoms with Crippen LogP contribution in [0.25, 0.3) is 0 Å². The van der Waals surface area contributed by atoms with Crippen LogP contribution in [0.2, 0.25) is 0 Å². The maximum atomic E-state index is 11.5. The van der Waals surface area contributed by atoms with Crippen LogP contribution in [0.15, 0.2) is 84.9 Å². The molecule has 1 unspecified atom stereocenters. The summed E-state index contributed by atoms with van der Waals surface area (Å²) < 4.78 is 5.91. The molecule has 0 aliphatic carbocycles. The lowest BCUT2D eigenvalue weighted by Gasteiger charge is -2.17. The summed E-state index contributed by atoms with van der Waals surface area (Å²) in [5.41, 5.74) is 8.68. The highest BCUT2D eigenvalue weighted by atomic mass is 16.5. The number of carbonyl (C=O) groups excluding carboxylic acids is 1. The number of primary amides is 1. The van der Waals surface area contributed by atoms with Gasteiger partial charge in [-0.1, -0.05) is 72.8 Å². The first kappa shape index (κ1) is 16.8. The second-order valence-corrected chi connectivity index (χ2v) is 5.98. The van der Waals surface area contributed by atoms with Gasteiger partial charge in [-0.05, 0) is 28.8 Å². The van der Waals surface area contributed by atoms with E-state index in [1.165, 1.54) is 0 Å². The van der Waals surface area contributed by atoms with Crippen LogP contribution >= 0.6 is 0 Å². The zero-order chi connectivity index (χ0) is 17.5. The molecule has 3 rings (SSSR count). The third-order valence-corrected chi connectivity index (χ3v) is 4.12. The van der Waals surface area contributed by atoms with Gasteiger partial charge in [0.1, 0.15) is 12.4 Å². The Hall–Kier alpha value is -3.07.